The third kappa shape index (κ3) is 18.3. The molecule has 4 N–H and O–H groups in total. The molecule has 0 aliphatic heterocycles. The van der Waals surface area contributed by atoms with Crippen molar-refractivity contribution >= 4 is 59.2 Å². The predicted molar refractivity (Wildman–Crippen MR) is 167 cm³/mol. The summed E-state index contributed by atoms with van der Waals surface area (Å²) in [5.74, 6) is 0. The molecule has 0 amide bonds. The van der Waals surface area contributed by atoms with Gasteiger partial charge in [0, 0.05) is 44.3 Å². The molecule has 49 heavy (non-hydrogen) atoms. The van der Waals surface area contributed by atoms with Crippen molar-refractivity contribution in [1.29, 1.82) is 0 Å². The Morgan fingerprint density at radius 2 is 0.449 bits per heavy atom. The number of hydrogen-bond donors (Lipinski definition) is 0. The van der Waals surface area contributed by atoms with Crippen molar-refractivity contribution in [1.82, 2.24) is 19.9 Å². The molecule has 0 saturated heterocycles. The Labute approximate surface area is 282 Å². The summed E-state index contributed by atoms with van der Waals surface area (Å²) in [6, 6.07) is 24.9. The molecular weight excluding hydrogens is 815 g/mol. The SMILES string of the molecule is Cc1ccc2ccc3ccc(C)nc3c2n1.Cc1ccc2ccc3ccc(C)nc3c2n1.F[P-](F)(F)(F)(F)F.F[P-](F)(F)(F)(F)F.O.O.[Ru+2]. The number of nitrogens with zero attached hydrogens (tertiary/aromatic N) is 4. The second-order valence-corrected chi connectivity index (χ2v) is 14.0. The van der Waals surface area contributed by atoms with Crippen molar-refractivity contribution in [3.05, 3.63) is 95.6 Å². The summed E-state index contributed by atoms with van der Waals surface area (Å²) in [6.45, 7) is 8.03. The Bertz CT molecular complexity index is 1810. The first kappa shape index (κ1) is 45.6. The summed E-state index contributed by atoms with van der Waals surface area (Å²) in [6.07, 6.45) is 0. The van der Waals surface area contributed by atoms with Gasteiger partial charge in [-0.15, -0.1) is 0 Å². The zero-order chi connectivity index (χ0) is 35.1. The first-order valence-electron chi connectivity index (χ1n) is 12.8. The van der Waals surface area contributed by atoms with E-state index in [2.05, 4.69) is 68.5 Å². The summed E-state index contributed by atoms with van der Waals surface area (Å²) >= 11 is 0. The third-order valence-corrected chi connectivity index (χ3v) is 5.60. The van der Waals surface area contributed by atoms with Gasteiger partial charge in [0.05, 0.1) is 22.1 Å². The van der Waals surface area contributed by atoms with Crippen LogP contribution < -0.4 is 0 Å². The van der Waals surface area contributed by atoms with E-state index < -0.39 is 15.6 Å². The monoisotopic (exact) mass is 844 g/mol. The van der Waals surface area contributed by atoms with E-state index >= 15 is 0 Å². The number of aromatic nitrogens is 4. The van der Waals surface area contributed by atoms with Gasteiger partial charge >= 0.3 is 85.5 Å². The van der Waals surface area contributed by atoms with Gasteiger partial charge < -0.3 is 11.0 Å². The van der Waals surface area contributed by atoms with E-state index in [1.807, 2.05) is 52.0 Å². The molecule has 4 aromatic heterocycles. The molecule has 4 heterocycles. The van der Waals surface area contributed by atoms with Gasteiger partial charge in [-0.1, -0.05) is 48.5 Å². The fourth-order valence-electron chi connectivity index (χ4n) is 3.93. The molecular formula is C28H28F12N4O2P2Ru. The van der Waals surface area contributed by atoms with Crippen LogP contribution in [0.15, 0.2) is 72.8 Å². The van der Waals surface area contributed by atoms with Gasteiger partial charge in [0.2, 0.25) is 0 Å². The van der Waals surface area contributed by atoms with Crippen molar-refractivity contribution in [2.75, 3.05) is 0 Å². The Morgan fingerprint density at radius 3 is 0.592 bits per heavy atom. The smallest absolute Gasteiger partial charge is 0.412 e. The molecule has 274 valence electrons. The van der Waals surface area contributed by atoms with Crippen molar-refractivity contribution in [3.8, 4) is 0 Å². The number of aryl methyl sites for hydroxylation is 4. The number of hydrogen-bond acceptors (Lipinski definition) is 4. The largest absolute Gasteiger partial charge is 2.00 e. The molecule has 0 aliphatic carbocycles. The average molecular weight is 844 g/mol. The van der Waals surface area contributed by atoms with Gasteiger partial charge in [-0.25, -0.2) is 0 Å². The van der Waals surface area contributed by atoms with Crippen molar-refractivity contribution < 1.29 is 80.8 Å². The zero-order valence-corrected chi connectivity index (χ0v) is 29.0. The van der Waals surface area contributed by atoms with Crippen molar-refractivity contribution in [3.63, 3.8) is 0 Å². The molecule has 6 rings (SSSR count). The zero-order valence-electron chi connectivity index (χ0n) is 25.5. The Balaban J connectivity index is 0.000000661. The third-order valence-electron chi connectivity index (χ3n) is 5.60. The van der Waals surface area contributed by atoms with E-state index in [0.717, 1.165) is 66.4 Å². The van der Waals surface area contributed by atoms with Gasteiger partial charge in [-0.3, -0.25) is 19.9 Å². The van der Waals surface area contributed by atoms with Crippen LogP contribution in [0.1, 0.15) is 22.8 Å². The fourth-order valence-corrected chi connectivity index (χ4v) is 3.93. The van der Waals surface area contributed by atoms with Crippen LogP contribution in [0.3, 0.4) is 0 Å². The van der Waals surface area contributed by atoms with Gasteiger partial charge in [0.15, 0.2) is 0 Å². The summed E-state index contributed by atoms with van der Waals surface area (Å²) in [7, 11) is -21.3. The first-order valence-corrected chi connectivity index (χ1v) is 16.8. The molecule has 6 nitrogen and oxygen atoms in total. The van der Waals surface area contributed by atoms with Crippen LogP contribution in [0.25, 0.3) is 43.6 Å². The van der Waals surface area contributed by atoms with Crippen LogP contribution in [-0.2, 0) is 19.5 Å². The molecule has 2 aromatic carbocycles. The van der Waals surface area contributed by atoms with Crippen molar-refractivity contribution in [2.45, 2.75) is 27.7 Å². The molecule has 6 aromatic rings. The van der Waals surface area contributed by atoms with Gasteiger partial charge in [-0.2, -0.15) is 0 Å². The molecule has 0 bridgehead atoms. The van der Waals surface area contributed by atoms with Crippen molar-refractivity contribution in [2.24, 2.45) is 0 Å². The topological polar surface area (TPSA) is 115 Å². The van der Waals surface area contributed by atoms with E-state index in [9.17, 15) is 50.4 Å². The predicted octanol–water partition coefficient (Wildman–Crippen LogP) is 11.9. The quantitative estimate of drug-likeness (QED) is 0.0655. The molecule has 0 aliphatic rings. The van der Waals surface area contributed by atoms with E-state index in [1.165, 1.54) is 0 Å². The maximum atomic E-state index is 9.87. The second kappa shape index (κ2) is 13.7. The maximum absolute atomic E-state index is 10.7. The normalized spacial score (nSPS) is 13.9. The van der Waals surface area contributed by atoms with Crippen LogP contribution in [0, 0.1) is 27.7 Å². The molecule has 0 spiro atoms. The molecule has 0 radical (unpaired) electrons. The fraction of sp³-hybridized carbons (Fsp3) is 0.143. The minimum absolute atomic E-state index is 0. The summed E-state index contributed by atoms with van der Waals surface area (Å²) < 4.78 is 118. The van der Waals surface area contributed by atoms with Crippen LogP contribution in [0.5, 0.6) is 0 Å². The Morgan fingerprint density at radius 1 is 0.327 bits per heavy atom. The second-order valence-electron chi connectivity index (χ2n) is 10.1. The van der Waals surface area contributed by atoms with Crippen LogP contribution in [0.4, 0.5) is 50.4 Å². The van der Waals surface area contributed by atoms with E-state index in [1.54, 1.807) is 0 Å². The van der Waals surface area contributed by atoms with Gasteiger partial charge in [0.25, 0.3) is 0 Å². The van der Waals surface area contributed by atoms with E-state index in [-0.39, 0.29) is 30.4 Å². The van der Waals surface area contributed by atoms with Gasteiger partial charge in [-0.05, 0) is 52.0 Å². The first-order chi connectivity index (χ1) is 20.4. The standard InChI is InChI=1S/2C14H12N2.2F6P.2H2O.Ru/c2*1-9-3-5-11-7-8-12-6-4-10(2)16-14(12)13(11)15-9;2*1-7(2,3,4,5)6;;;/h2*3-8H,1-2H3;;;2*1H2;/q;;2*-1;;;+2. The number of halogens is 12. The average Bonchev–Trinajstić information content (AvgIpc) is 2.85. The van der Waals surface area contributed by atoms with E-state index in [0.29, 0.717) is 0 Å². The Kier molecular flexibility index (Phi) is 12.8. The number of rotatable bonds is 0. The minimum atomic E-state index is -10.7. The molecule has 21 heteroatoms. The molecule has 0 atom stereocenters. The molecule has 0 saturated carbocycles. The van der Waals surface area contributed by atoms with Crippen LogP contribution >= 0.6 is 15.6 Å². The summed E-state index contributed by atoms with van der Waals surface area (Å²) in [5.41, 5.74) is 8.13. The molecule has 0 unspecified atom stereocenters. The minimum Gasteiger partial charge on any atom is -0.412 e. The maximum Gasteiger partial charge on any atom is 2.00 e. The molecule has 0 fully saturated rings. The Hall–Kier alpha value is -3.36. The number of benzene rings is 2. The van der Waals surface area contributed by atoms with E-state index in [4.69, 9.17) is 0 Å². The van der Waals surface area contributed by atoms with Gasteiger partial charge in [0.1, 0.15) is 0 Å². The summed E-state index contributed by atoms with van der Waals surface area (Å²) in [4.78, 5) is 18.3. The van der Waals surface area contributed by atoms with Crippen LogP contribution in [-0.4, -0.2) is 30.9 Å². The number of pyridine rings is 4. The van der Waals surface area contributed by atoms with Crippen LogP contribution in [0.2, 0.25) is 0 Å². The number of fused-ring (bicyclic) bond motifs is 6. The summed E-state index contributed by atoms with van der Waals surface area (Å²) in [5, 5.41) is 4.60.